The summed E-state index contributed by atoms with van der Waals surface area (Å²) in [5, 5.41) is 9.83. The SMILES string of the molecule is CCCN(CCC)C(=O)C1=Cc2ccc(-c3cc4c(=O)n(CCO)ccc4n3C)cc2N=C(N)C1. The molecule has 3 N–H and O–H groups in total. The molecule has 3 heterocycles. The molecule has 1 aliphatic heterocycles. The Hall–Kier alpha value is -3.65. The Bertz CT molecular complexity index is 1370. The predicted octanol–water partition coefficient (Wildman–Crippen LogP) is 3.42. The zero-order valence-electron chi connectivity index (χ0n) is 20.6. The Morgan fingerprint density at radius 3 is 2.60 bits per heavy atom. The maximum absolute atomic E-state index is 13.2. The molecule has 3 aromatic rings. The van der Waals surface area contributed by atoms with Crippen molar-refractivity contribution in [3.05, 3.63) is 58.0 Å². The second-order valence-corrected chi connectivity index (χ2v) is 8.94. The number of aliphatic imine (C=N–C) groups is 1. The van der Waals surface area contributed by atoms with E-state index in [0.717, 1.165) is 35.2 Å². The average molecular weight is 476 g/mol. The number of benzene rings is 1. The number of pyridine rings is 1. The molecule has 35 heavy (non-hydrogen) atoms. The molecule has 0 saturated heterocycles. The van der Waals surface area contributed by atoms with Crippen LogP contribution in [0, 0.1) is 0 Å². The normalized spacial score (nSPS) is 13.3. The molecule has 0 bridgehead atoms. The number of aromatic nitrogens is 2. The minimum Gasteiger partial charge on any atom is -0.395 e. The van der Waals surface area contributed by atoms with Gasteiger partial charge in [-0.15, -0.1) is 0 Å². The van der Waals surface area contributed by atoms with Gasteiger partial charge in [0.15, 0.2) is 0 Å². The lowest BCUT2D eigenvalue weighted by Crippen LogP contribution is -2.34. The minimum absolute atomic E-state index is 0.0108. The maximum Gasteiger partial charge on any atom is 0.260 e. The summed E-state index contributed by atoms with van der Waals surface area (Å²) >= 11 is 0. The number of nitrogens with two attached hydrogens (primary N) is 1. The fraction of sp³-hybridized carbons (Fsp3) is 0.370. The van der Waals surface area contributed by atoms with Gasteiger partial charge in [0.25, 0.3) is 5.56 Å². The van der Waals surface area contributed by atoms with Crippen LogP contribution >= 0.6 is 0 Å². The molecule has 1 aromatic carbocycles. The van der Waals surface area contributed by atoms with Gasteiger partial charge in [0, 0.05) is 61.7 Å². The van der Waals surface area contributed by atoms with Gasteiger partial charge >= 0.3 is 0 Å². The van der Waals surface area contributed by atoms with Gasteiger partial charge in [0.2, 0.25) is 5.91 Å². The van der Waals surface area contributed by atoms with E-state index in [9.17, 15) is 14.7 Å². The number of aliphatic hydroxyl groups excluding tert-OH is 1. The Kier molecular flexibility index (Phi) is 7.21. The highest BCUT2D eigenvalue weighted by atomic mass is 16.3. The number of rotatable bonds is 8. The van der Waals surface area contributed by atoms with Crippen molar-refractivity contribution in [3.63, 3.8) is 0 Å². The number of aliphatic hydroxyl groups is 1. The third-order valence-electron chi connectivity index (χ3n) is 6.36. The maximum atomic E-state index is 13.2. The van der Waals surface area contributed by atoms with E-state index < -0.39 is 0 Å². The van der Waals surface area contributed by atoms with E-state index in [1.54, 1.807) is 6.20 Å². The summed E-state index contributed by atoms with van der Waals surface area (Å²) in [6.45, 7) is 5.73. The molecule has 0 atom stereocenters. The summed E-state index contributed by atoms with van der Waals surface area (Å²) in [5.74, 6) is 0.411. The smallest absolute Gasteiger partial charge is 0.260 e. The lowest BCUT2D eigenvalue weighted by molar-refractivity contribution is -0.127. The highest BCUT2D eigenvalue weighted by Gasteiger charge is 2.21. The van der Waals surface area contributed by atoms with Crippen LogP contribution in [0.2, 0.25) is 0 Å². The monoisotopic (exact) mass is 475 g/mol. The van der Waals surface area contributed by atoms with Gasteiger partial charge < -0.3 is 24.9 Å². The highest BCUT2D eigenvalue weighted by Crippen LogP contribution is 2.33. The molecule has 0 aliphatic carbocycles. The topological polar surface area (TPSA) is 106 Å². The standard InChI is InChI=1S/C27H33N5O3/c1-4-9-31(10-5-2)26(34)20-14-18-6-7-19(15-22(18)29-25(28)16-20)24-17-21-23(30(24)3)8-11-32(12-13-33)27(21)35/h6-8,11,14-15,17,33H,4-5,9-10,12-13,16H2,1-3H3,(H2,28,29). The second kappa shape index (κ2) is 10.3. The zero-order valence-corrected chi connectivity index (χ0v) is 20.6. The van der Waals surface area contributed by atoms with E-state index in [0.29, 0.717) is 42.0 Å². The van der Waals surface area contributed by atoms with Gasteiger partial charge in [0.1, 0.15) is 5.84 Å². The van der Waals surface area contributed by atoms with Crippen LogP contribution in [0.25, 0.3) is 28.2 Å². The van der Waals surface area contributed by atoms with E-state index >= 15 is 0 Å². The molecule has 0 saturated carbocycles. The van der Waals surface area contributed by atoms with Crippen molar-refractivity contribution in [2.75, 3.05) is 19.7 Å². The number of carbonyl (C=O) groups excluding carboxylic acids is 1. The number of hydrogen-bond donors (Lipinski definition) is 2. The lowest BCUT2D eigenvalue weighted by Gasteiger charge is -2.22. The second-order valence-electron chi connectivity index (χ2n) is 8.94. The first kappa shape index (κ1) is 24.5. The summed E-state index contributed by atoms with van der Waals surface area (Å²) in [7, 11) is 1.92. The summed E-state index contributed by atoms with van der Waals surface area (Å²) in [6, 6.07) is 9.63. The van der Waals surface area contributed by atoms with Crippen LogP contribution in [-0.4, -0.2) is 50.6 Å². The van der Waals surface area contributed by atoms with Crippen molar-refractivity contribution in [1.29, 1.82) is 0 Å². The number of aryl methyl sites for hydroxylation is 1. The molecular formula is C27H33N5O3. The quantitative estimate of drug-likeness (QED) is 0.521. The van der Waals surface area contributed by atoms with Crippen molar-refractivity contribution in [2.24, 2.45) is 17.8 Å². The Morgan fingerprint density at radius 2 is 1.91 bits per heavy atom. The number of amidine groups is 1. The van der Waals surface area contributed by atoms with Gasteiger partial charge in [-0.1, -0.05) is 26.0 Å². The third-order valence-corrected chi connectivity index (χ3v) is 6.36. The van der Waals surface area contributed by atoms with Crippen LogP contribution in [0.1, 0.15) is 38.7 Å². The number of amides is 1. The highest BCUT2D eigenvalue weighted by molar-refractivity contribution is 6.05. The van der Waals surface area contributed by atoms with E-state index in [2.05, 4.69) is 18.8 Å². The molecule has 4 rings (SSSR count). The predicted molar refractivity (Wildman–Crippen MR) is 141 cm³/mol. The number of carbonyl (C=O) groups is 1. The van der Waals surface area contributed by atoms with Crippen LogP contribution in [0.5, 0.6) is 0 Å². The molecule has 0 fully saturated rings. The zero-order chi connectivity index (χ0) is 25.1. The number of nitrogens with zero attached hydrogens (tertiary/aromatic N) is 4. The van der Waals surface area contributed by atoms with Crippen LogP contribution < -0.4 is 11.3 Å². The molecular weight excluding hydrogens is 442 g/mol. The molecule has 8 nitrogen and oxygen atoms in total. The van der Waals surface area contributed by atoms with Crippen LogP contribution in [0.15, 0.2) is 51.9 Å². The Balaban J connectivity index is 1.75. The van der Waals surface area contributed by atoms with Gasteiger partial charge in [-0.3, -0.25) is 9.59 Å². The van der Waals surface area contributed by atoms with E-state index in [-0.39, 0.29) is 24.6 Å². The summed E-state index contributed by atoms with van der Waals surface area (Å²) in [5.41, 5.74) is 10.9. The number of fused-ring (bicyclic) bond motifs is 2. The van der Waals surface area contributed by atoms with Crippen LogP contribution in [0.3, 0.4) is 0 Å². The fourth-order valence-electron chi connectivity index (χ4n) is 4.68. The van der Waals surface area contributed by atoms with Gasteiger partial charge in [-0.25, -0.2) is 4.99 Å². The molecule has 184 valence electrons. The number of hydrogen-bond acceptors (Lipinski definition) is 5. The molecule has 0 unspecified atom stereocenters. The Labute approximate surface area is 205 Å². The summed E-state index contributed by atoms with van der Waals surface area (Å²) < 4.78 is 3.49. The van der Waals surface area contributed by atoms with Gasteiger partial charge in [-0.2, -0.15) is 0 Å². The largest absolute Gasteiger partial charge is 0.395 e. The molecule has 1 aliphatic rings. The summed E-state index contributed by atoms with van der Waals surface area (Å²) in [6.07, 6.45) is 5.72. The molecule has 0 spiro atoms. The van der Waals surface area contributed by atoms with E-state index in [1.807, 2.05) is 52.9 Å². The third kappa shape index (κ3) is 4.79. The molecule has 8 heteroatoms. The molecule has 0 radical (unpaired) electrons. The Morgan fingerprint density at radius 1 is 1.17 bits per heavy atom. The van der Waals surface area contributed by atoms with Crippen molar-refractivity contribution in [2.45, 2.75) is 39.7 Å². The van der Waals surface area contributed by atoms with Crippen LogP contribution in [-0.2, 0) is 18.4 Å². The molecule has 2 aromatic heterocycles. The van der Waals surface area contributed by atoms with Gasteiger partial charge in [0.05, 0.1) is 23.2 Å². The minimum atomic E-state index is -0.134. The first-order chi connectivity index (χ1) is 16.9. The average Bonchev–Trinajstić information content (AvgIpc) is 3.07. The van der Waals surface area contributed by atoms with E-state index in [1.165, 1.54) is 4.57 Å². The van der Waals surface area contributed by atoms with Crippen molar-refractivity contribution in [3.8, 4) is 11.3 Å². The van der Waals surface area contributed by atoms with Crippen molar-refractivity contribution >= 4 is 34.4 Å². The van der Waals surface area contributed by atoms with Crippen LogP contribution in [0.4, 0.5) is 5.69 Å². The fourth-order valence-corrected chi connectivity index (χ4v) is 4.68. The summed E-state index contributed by atoms with van der Waals surface area (Å²) in [4.78, 5) is 32.6. The lowest BCUT2D eigenvalue weighted by atomic mass is 10.0. The van der Waals surface area contributed by atoms with E-state index in [4.69, 9.17) is 5.73 Å². The molecule has 1 amide bonds. The van der Waals surface area contributed by atoms with Crippen molar-refractivity contribution in [1.82, 2.24) is 14.0 Å². The van der Waals surface area contributed by atoms with Crippen molar-refractivity contribution < 1.29 is 9.90 Å². The first-order valence-electron chi connectivity index (χ1n) is 12.1. The van der Waals surface area contributed by atoms with Gasteiger partial charge in [-0.05, 0) is 37.1 Å². The first-order valence-corrected chi connectivity index (χ1v) is 12.1.